The first-order chi connectivity index (χ1) is 12.0. The molecule has 0 aliphatic heterocycles. The van der Waals surface area contributed by atoms with E-state index in [1.54, 1.807) is 18.3 Å². The first-order valence-corrected chi connectivity index (χ1v) is 9.02. The predicted octanol–water partition coefficient (Wildman–Crippen LogP) is 2.10. The highest BCUT2D eigenvalue weighted by Crippen LogP contribution is 2.19. The van der Waals surface area contributed by atoms with Crippen LogP contribution in [0.25, 0.3) is 5.69 Å². The number of methoxy groups -OCH3 is 1. The Morgan fingerprint density at radius 2 is 1.76 bits per heavy atom. The molecule has 0 aliphatic rings. The molecule has 0 radical (unpaired) electrons. The van der Waals surface area contributed by atoms with Gasteiger partial charge in [-0.05, 0) is 36.4 Å². The number of rotatable bonds is 6. The van der Waals surface area contributed by atoms with E-state index in [4.69, 9.17) is 4.74 Å². The Morgan fingerprint density at radius 1 is 1.08 bits per heavy atom. The molecule has 0 spiro atoms. The van der Waals surface area contributed by atoms with Gasteiger partial charge in [0, 0.05) is 7.05 Å². The van der Waals surface area contributed by atoms with Crippen LogP contribution < -0.4 is 4.74 Å². The molecule has 0 saturated carbocycles. The van der Waals surface area contributed by atoms with Crippen molar-refractivity contribution >= 4 is 10.0 Å². The highest BCUT2D eigenvalue weighted by molar-refractivity contribution is 7.89. The first kappa shape index (κ1) is 17.1. The van der Waals surface area contributed by atoms with E-state index in [0.717, 1.165) is 5.69 Å². The Hall–Kier alpha value is -2.71. The topological polar surface area (TPSA) is 77.3 Å². The Bertz CT molecular complexity index is 938. The van der Waals surface area contributed by atoms with Gasteiger partial charge in [0.1, 0.15) is 5.75 Å². The summed E-state index contributed by atoms with van der Waals surface area (Å²) in [5.41, 5.74) is 1.37. The number of benzene rings is 2. The molecule has 0 atom stereocenters. The number of ether oxygens (including phenoxy) is 1. The fourth-order valence-corrected chi connectivity index (χ4v) is 3.44. The van der Waals surface area contributed by atoms with Gasteiger partial charge >= 0.3 is 0 Å². The highest BCUT2D eigenvalue weighted by atomic mass is 32.2. The van der Waals surface area contributed by atoms with Crippen molar-refractivity contribution in [2.24, 2.45) is 0 Å². The number of hydrogen-bond donors (Lipinski definition) is 0. The third-order valence-corrected chi connectivity index (χ3v) is 5.50. The van der Waals surface area contributed by atoms with Crippen molar-refractivity contribution in [3.63, 3.8) is 0 Å². The molecule has 3 aromatic rings. The average Bonchev–Trinajstić information content (AvgIpc) is 3.11. The highest BCUT2D eigenvalue weighted by Gasteiger charge is 2.22. The van der Waals surface area contributed by atoms with Gasteiger partial charge < -0.3 is 4.74 Å². The van der Waals surface area contributed by atoms with Gasteiger partial charge in [0.15, 0.2) is 0 Å². The molecular formula is C17H18N4O3S. The summed E-state index contributed by atoms with van der Waals surface area (Å²) < 4.78 is 31.6. The van der Waals surface area contributed by atoms with Crippen LogP contribution in [0.15, 0.2) is 65.7 Å². The van der Waals surface area contributed by atoms with Crippen LogP contribution in [0.1, 0.15) is 5.69 Å². The maximum absolute atomic E-state index is 12.6. The van der Waals surface area contributed by atoms with Crippen LogP contribution in [0.2, 0.25) is 0 Å². The van der Waals surface area contributed by atoms with Crippen molar-refractivity contribution in [1.82, 2.24) is 19.3 Å². The molecule has 3 rings (SSSR count). The fourth-order valence-electron chi connectivity index (χ4n) is 2.29. The van der Waals surface area contributed by atoms with Crippen molar-refractivity contribution in [1.29, 1.82) is 0 Å². The maximum Gasteiger partial charge on any atom is 0.243 e. The number of para-hydroxylation sites is 1. The van der Waals surface area contributed by atoms with Gasteiger partial charge in [-0.15, -0.1) is 0 Å². The minimum absolute atomic E-state index is 0.126. The van der Waals surface area contributed by atoms with E-state index >= 15 is 0 Å². The van der Waals surface area contributed by atoms with E-state index in [1.165, 1.54) is 35.4 Å². The molecule has 0 bridgehead atoms. The van der Waals surface area contributed by atoms with Crippen LogP contribution >= 0.6 is 0 Å². The second kappa shape index (κ2) is 7.04. The van der Waals surface area contributed by atoms with Gasteiger partial charge in [-0.1, -0.05) is 18.2 Å². The molecule has 130 valence electrons. The minimum Gasteiger partial charge on any atom is -0.497 e. The van der Waals surface area contributed by atoms with E-state index in [1.807, 2.05) is 30.3 Å². The van der Waals surface area contributed by atoms with Crippen LogP contribution in [-0.4, -0.2) is 41.9 Å². The van der Waals surface area contributed by atoms with Crippen molar-refractivity contribution in [3.05, 3.63) is 66.5 Å². The van der Waals surface area contributed by atoms with E-state index in [0.29, 0.717) is 11.4 Å². The monoisotopic (exact) mass is 358 g/mol. The summed E-state index contributed by atoms with van der Waals surface area (Å²) >= 11 is 0. The van der Waals surface area contributed by atoms with Gasteiger partial charge in [0.2, 0.25) is 10.0 Å². The number of nitrogens with zero attached hydrogens (tertiary/aromatic N) is 4. The predicted molar refractivity (Wildman–Crippen MR) is 93.0 cm³/mol. The lowest BCUT2D eigenvalue weighted by molar-refractivity contribution is 0.414. The third-order valence-electron chi connectivity index (χ3n) is 3.68. The summed E-state index contributed by atoms with van der Waals surface area (Å²) in [6.07, 6.45) is 1.56. The lowest BCUT2D eigenvalue weighted by Gasteiger charge is -2.16. The van der Waals surface area contributed by atoms with Crippen LogP contribution in [0.4, 0.5) is 0 Å². The SMILES string of the molecule is COc1ccc(S(=O)(=O)N(C)Cc2cnn(-c3ccccc3)n2)cc1. The van der Waals surface area contributed by atoms with Crippen LogP contribution in [0.3, 0.4) is 0 Å². The van der Waals surface area contributed by atoms with E-state index < -0.39 is 10.0 Å². The molecule has 7 nitrogen and oxygen atoms in total. The molecule has 2 aromatic carbocycles. The van der Waals surface area contributed by atoms with Crippen LogP contribution in [0.5, 0.6) is 5.75 Å². The molecule has 1 aromatic heterocycles. The summed E-state index contributed by atoms with van der Waals surface area (Å²) in [7, 11) is -0.568. The molecule has 0 unspecified atom stereocenters. The van der Waals surface area contributed by atoms with Crippen molar-refractivity contribution in [3.8, 4) is 11.4 Å². The standard InChI is InChI=1S/C17H18N4O3S/c1-20(25(22,23)17-10-8-16(24-2)9-11-17)13-14-12-18-21(19-14)15-6-4-3-5-7-15/h3-12H,13H2,1-2H3. The smallest absolute Gasteiger partial charge is 0.243 e. The van der Waals surface area contributed by atoms with E-state index in [2.05, 4.69) is 10.2 Å². The summed E-state index contributed by atoms with van der Waals surface area (Å²) in [4.78, 5) is 1.68. The Balaban J connectivity index is 1.77. The second-order valence-electron chi connectivity index (χ2n) is 5.40. The number of aromatic nitrogens is 3. The van der Waals surface area contributed by atoms with Crippen molar-refractivity contribution in [2.45, 2.75) is 11.4 Å². The lowest BCUT2D eigenvalue weighted by Crippen LogP contribution is -2.26. The average molecular weight is 358 g/mol. The largest absolute Gasteiger partial charge is 0.497 e. The number of sulfonamides is 1. The zero-order chi connectivity index (χ0) is 17.9. The zero-order valence-electron chi connectivity index (χ0n) is 13.9. The Morgan fingerprint density at radius 3 is 2.40 bits per heavy atom. The Kier molecular flexibility index (Phi) is 4.82. The van der Waals surface area contributed by atoms with Crippen LogP contribution in [0, 0.1) is 0 Å². The summed E-state index contributed by atoms with van der Waals surface area (Å²) in [6.45, 7) is 0.126. The zero-order valence-corrected chi connectivity index (χ0v) is 14.7. The minimum atomic E-state index is -3.62. The molecule has 0 aliphatic carbocycles. The van der Waals surface area contributed by atoms with Gasteiger partial charge in [0.05, 0.1) is 36.1 Å². The lowest BCUT2D eigenvalue weighted by atomic mass is 10.3. The normalized spacial score (nSPS) is 11.6. The molecular weight excluding hydrogens is 340 g/mol. The molecule has 0 fully saturated rings. The van der Waals surface area contributed by atoms with Crippen molar-refractivity contribution < 1.29 is 13.2 Å². The summed E-state index contributed by atoms with van der Waals surface area (Å²) in [5.74, 6) is 0.604. The van der Waals surface area contributed by atoms with Gasteiger partial charge in [-0.25, -0.2) is 8.42 Å². The van der Waals surface area contributed by atoms with E-state index in [-0.39, 0.29) is 11.4 Å². The summed E-state index contributed by atoms with van der Waals surface area (Å²) in [6, 6.07) is 15.7. The molecule has 0 saturated heterocycles. The molecule has 8 heteroatoms. The number of hydrogen-bond acceptors (Lipinski definition) is 5. The van der Waals surface area contributed by atoms with Crippen molar-refractivity contribution in [2.75, 3.05) is 14.2 Å². The fraction of sp³-hybridized carbons (Fsp3) is 0.176. The molecule has 1 heterocycles. The van der Waals surface area contributed by atoms with Crippen LogP contribution in [-0.2, 0) is 16.6 Å². The summed E-state index contributed by atoms with van der Waals surface area (Å²) in [5, 5.41) is 8.52. The van der Waals surface area contributed by atoms with E-state index in [9.17, 15) is 8.42 Å². The van der Waals surface area contributed by atoms with Gasteiger partial charge in [-0.3, -0.25) is 0 Å². The molecule has 0 amide bonds. The molecule has 25 heavy (non-hydrogen) atoms. The quantitative estimate of drug-likeness (QED) is 0.674. The maximum atomic E-state index is 12.6. The molecule has 0 N–H and O–H groups in total. The van der Waals surface area contributed by atoms with Gasteiger partial charge in [-0.2, -0.15) is 19.3 Å². The first-order valence-electron chi connectivity index (χ1n) is 7.58. The van der Waals surface area contributed by atoms with Gasteiger partial charge in [0.25, 0.3) is 0 Å². The second-order valence-corrected chi connectivity index (χ2v) is 7.44. The Labute approximate surface area is 146 Å². The third kappa shape index (κ3) is 3.70.